The highest BCUT2D eigenvalue weighted by Gasteiger charge is 2.40. The molecule has 0 saturated carbocycles. The largest absolute Gasteiger partial charge is 0.394 e. The second-order valence-corrected chi connectivity index (χ2v) is 8.94. The maximum atomic E-state index is 5.95. The van der Waals surface area contributed by atoms with Crippen LogP contribution in [-0.4, -0.2) is 22.8 Å². The molecule has 0 amide bonds. The van der Waals surface area contributed by atoms with Crippen molar-refractivity contribution in [2.75, 3.05) is 14.2 Å². The average molecular weight is 298 g/mol. The minimum Gasteiger partial charge on any atom is -0.394 e. The highest BCUT2D eigenvalue weighted by Crippen LogP contribution is 2.36. The summed E-state index contributed by atoms with van der Waals surface area (Å²) in [4.78, 5) is 0. The van der Waals surface area contributed by atoms with Gasteiger partial charge in [-0.1, -0.05) is 55.8 Å². The molecular formula is C18H22O2Si. The van der Waals surface area contributed by atoms with E-state index in [2.05, 4.69) is 49.4 Å². The summed E-state index contributed by atoms with van der Waals surface area (Å²) in [5.74, 6) is 0. The number of benzene rings is 2. The van der Waals surface area contributed by atoms with Crippen molar-refractivity contribution in [2.45, 2.75) is 25.8 Å². The highest BCUT2D eigenvalue weighted by atomic mass is 28.4. The molecule has 3 heteroatoms. The second kappa shape index (κ2) is 5.76. The van der Waals surface area contributed by atoms with Crippen molar-refractivity contribution in [3.63, 3.8) is 0 Å². The molecule has 2 nitrogen and oxygen atoms in total. The normalized spacial score (nSPS) is 13.1. The molecule has 2 aromatic rings. The van der Waals surface area contributed by atoms with Crippen molar-refractivity contribution < 1.29 is 8.85 Å². The van der Waals surface area contributed by atoms with Crippen LogP contribution in [0.4, 0.5) is 0 Å². The summed E-state index contributed by atoms with van der Waals surface area (Å²) in [6.07, 6.45) is 2.07. The first-order valence-corrected chi connectivity index (χ1v) is 9.59. The van der Waals surface area contributed by atoms with E-state index in [4.69, 9.17) is 8.85 Å². The Bertz CT molecular complexity index is 647. The Hall–Kier alpha value is -1.42. The Labute approximate surface area is 128 Å². The van der Waals surface area contributed by atoms with Crippen LogP contribution in [0, 0.1) is 0 Å². The Morgan fingerprint density at radius 1 is 0.952 bits per heavy atom. The van der Waals surface area contributed by atoms with Crippen molar-refractivity contribution in [1.82, 2.24) is 0 Å². The standard InChI is InChI=1S/C18H22O2Si/c1-4-12-21(19-2,20-3)18-11-7-10-16-15-9-6-5-8-14(15)13-17(16)18/h5-11H,4,12-13H2,1-3H3. The van der Waals surface area contributed by atoms with Crippen LogP contribution < -0.4 is 5.19 Å². The summed E-state index contributed by atoms with van der Waals surface area (Å²) in [5.41, 5.74) is 5.53. The van der Waals surface area contributed by atoms with Crippen LogP contribution in [0.3, 0.4) is 0 Å². The molecule has 0 fully saturated rings. The van der Waals surface area contributed by atoms with Gasteiger partial charge in [0.05, 0.1) is 0 Å². The summed E-state index contributed by atoms with van der Waals surface area (Å²) < 4.78 is 11.9. The molecular weight excluding hydrogens is 276 g/mol. The van der Waals surface area contributed by atoms with Crippen molar-refractivity contribution in [1.29, 1.82) is 0 Å². The molecule has 0 radical (unpaired) electrons. The third-order valence-corrected chi connectivity index (χ3v) is 8.27. The number of hydrogen-bond donors (Lipinski definition) is 0. The van der Waals surface area contributed by atoms with Gasteiger partial charge in [0.25, 0.3) is 0 Å². The van der Waals surface area contributed by atoms with Crippen LogP contribution in [0.2, 0.25) is 6.04 Å². The molecule has 0 spiro atoms. The van der Waals surface area contributed by atoms with E-state index in [0.717, 1.165) is 18.9 Å². The topological polar surface area (TPSA) is 18.5 Å². The molecule has 3 rings (SSSR count). The molecule has 1 aliphatic carbocycles. The van der Waals surface area contributed by atoms with Gasteiger partial charge < -0.3 is 8.85 Å². The summed E-state index contributed by atoms with van der Waals surface area (Å²) in [6, 6.07) is 16.2. The monoisotopic (exact) mass is 298 g/mol. The van der Waals surface area contributed by atoms with Crippen LogP contribution in [0.15, 0.2) is 42.5 Å². The zero-order chi connectivity index (χ0) is 14.9. The molecule has 110 valence electrons. The molecule has 0 saturated heterocycles. The Morgan fingerprint density at radius 2 is 1.67 bits per heavy atom. The lowest BCUT2D eigenvalue weighted by Gasteiger charge is -2.29. The van der Waals surface area contributed by atoms with Crippen LogP contribution in [0.1, 0.15) is 24.5 Å². The van der Waals surface area contributed by atoms with Gasteiger partial charge >= 0.3 is 8.56 Å². The fraction of sp³-hybridized carbons (Fsp3) is 0.333. The zero-order valence-corrected chi connectivity index (χ0v) is 14.0. The highest BCUT2D eigenvalue weighted by molar-refractivity contribution is 6.81. The molecule has 0 aliphatic heterocycles. The van der Waals surface area contributed by atoms with E-state index in [1.807, 2.05) is 0 Å². The van der Waals surface area contributed by atoms with Crippen molar-refractivity contribution in [3.8, 4) is 11.1 Å². The first-order valence-electron chi connectivity index (χ1n) is 7.56. The van der Waals surface area contributed by atoms with Gasteiger partial charge in [-0.2, -0.15) is 0 Å². The van der Waals surface area contributed by atoms with Gasteiger partial charge in [0, 0.05) is 14.2 Å². The third-order valence-electron chi connectivity index (χ3n) is 4.50. The van der Waals surface area contributed by atoms with Gasteiger partial charge in [0.15, 0.2) is 0 Å². The van der Waals surface area contributed by atoms with E-state index >= 15 is 0 Å². The lowest BCUT2D eigenvalue weighted by atomic mass is 10.1. The molecule has 21 heavy (non-hydrogen) atoms. The van der Waals surface area contributed by atoms with Crippen LogP contribution >= 0.6 is 0 Å². The quantitative estimate of drug-likeness (QED) is 0.670. The molecule has 0 atom stereocenters. The smallest absolute Gasteiger partial charge is 0.372 e. The van der Waals surface area contributed by atoms with Gasteiger partial charge in [-0.25, -0.2) is 0 Å². The number of fused-ring (bicyclic) bond motifs is 3. The molecule has 0 unspecified atom stereocenters. The van der Waals surface area contributed by atoms with E-state index in [1.165, 1.54) is 27.4 Å². The molecule has 1 aliphatic rings. The SMILES string of the molecule is CCC[Si](OC)(OC)c1cccc2c1Cc1ccccc1-2. The first kappa shape index (κ1) is 14.5. The van der Waals surface area contributed by atoms with Gasteiger partial charge in [-0.05, 0) is 39.9 Å². The Morgan fingerprint density at radius 3 is 2.38 bits per heavy atom. The van der Waals surface area contributed by atoms with Crippen molar-refractivity contribution >= 4 is 13.7 Å². The summed E-state index contributed by atoms with van der Waals surface area (Å²) in [7, 11) is 1.28. The van der Waals surface area contributed by atoms with Crippen molar-refractivity contribution in [2.24, 2.45) is 0 Å². The average Bonchev–Trinajstić information content (AvgIpc) is 2.91. The van der Waals surface area contributed by atoms with E-state index in [-0.39, 0.29) is 0 Å². The van der Waals surface area contributed by atoms with E-state index in [0.29, 0.717) is 0 Å². The fourth-order valence-electron chi connectivity index (χ4n) is 3.49. The third kappa shape index (κ3) is 2.26. The van der Waals surface area contributed by atoms with Crippen LogP contribution in [0.25, 0.3) is 11.1 Å². The van der Waals surface area contributed by atoms with Gasteiger partial charge in [0.1, 0.15) is 0 Å². The number of hydrogen-bond acceptors (Lipinski definition) is 2. The first-order chi connectivity index (χ1) is 10.3. The molecule has 0 aromatic heterocycles. The van der Waals surface area contributed by atoms with Crippen molar-refractivity contribution in [3.05, 3.63) is 53.6 Å². The zero-order valence-electron chi connectivity index (χ0n) is 13.0. The maximum Gasteiger partial charge on any atom is 0.372 e. The predicted molar refractivity (Wildman–Crippen MR) is 89.2 cm³/mol. The summed E-state index contributed by atoms with van der Waals surface area (Å²) >= 11 is 0. The summed E-state index contributed by atoms with van der Waals surface area (Å²) in [6.45, 7) is 2.19. The minimum absolute atomic E-state index is 0.993. The predicted octanol–water partition coefficient (Wildman–Crippen LogP) is 3.61. The van der Waals surface area contributed by atoms with E-state index < -0.39 is 8.56 Å². The second-order valence-electron chi connectivity index (χ2n) is 5.58. The van der Waals surface area contributed by atoms with Gasteiger partial charge in [0.2, 0.25) is 0 Å². The summed E-state index contributed by atoms with van der Waals surface area (Å²) in [5, 5.41) is 1.31. The molecule has 2 aromatic carbocycles. The van der Waals surface area contributed by atoms with Crippen LogP contribution in [-0.2, 0) is 15.3 Å². The fourth-order valence-corrected chi connectivity index (χ4v) is 6.46. The minimum atomic E-state index is -2.32. The maximum absolute atomic E-state index is 5.95. The molecule has 0 heterocycles. The number of rotatable bonds is 5. The lowest BCUT2D eigenvalue weighted by Crippen LogP contribution is -2.53. The Kier molecular flexibility index (Phi) is 3.98. The van der Waals surface area contributed by atoms with E-state index in [9.17, 15) is 0 Å². The van der Waals surface area contributed by atoms with E-state index in [1.54, 1.807) is 14.2 Å². The van der Waals surface area contributed by atoms with Crippen LogP contribution in [0.5, 0.6) is 0 Å². The lowest BCUT2D eigenvalue weighted by molar-refractivity contribution is 0.256. The van der Waals surface area contributed by atoms with Gasteiger partial charge in [-0.3, -0.25) is 0 Å². The van der Waals surface area contributed by atoms with Gasteiger partial charge in [-0.15, -0.1) is 0 Å². The molecule has 0 bridgehead atoms. The molecule has 0 N–H and O–H groups in total. The Balaban J connectivity index is 2.15.